The van der Waals surface area contributed by atoms with Crippen LogP contribution in [0.5, 0.6) is 0 Å². The number of aromatic amines is 1. The first-order valence-corrected chi connectivity index (χ1v) is 5.39. The van der Waals surface area contributed by atoms with Gasteiger partial charge in [-0.25, -0.2) is 5.10 Å². The number of carbonyl (C=O) groups is 1. The van der Waals surface area contributed by atoms with Crippen LogP contribution in [0.3, 0.4) is 0 Å². The molecule has 2 rings (SSSR count). The Hall–Kier alpha value is -1.69. The molecule has 17 heavy (non-hydrogen) atoms. The molecule has 1 saturated heterocycles. The van der Waals surface area contributed by atoms with Crippen molar-refractivity contribution in [2.24, 2.45) is 0 Å². The average Bonchev–Trinajstić information content (AvgIpc) is 2.20. The van der Waals surface area contributed by atoms with Gasteiger partial charge >= 0.3 is 0 Å². The second-order valence-corrected chi connectivity index (χ2v) is 4.80. The molecule has 1 aliphatic heterocycles. The summed E-state index contributed by atoms with van der Waals surface area (Å²) in [6.45, 7) is 5.60. The zero-order valence-corrected chi connectivity index (χ0v) is 10.1. The molecule has 1 aliphatic rings. The van der Waals surface area contributed by atoms with Crippen LogP contribution in [0.1, 0.15) is 28.5 Å². The largest absolute Gasteiger partial charge is 0.386 e. The third-order valence-corrected chi connectivity index (χ3v) is 3.03. The molecule has 6 heteroatoms. The molecule has 0 bridgehead atoms. The molecule has 6 nitrogen and oxygen atoms in total. The summed E-state index contributed by atoms with van der Waals surface area (Å²) in [6.07, 6.45) is 0. The van der Waals surface area contributed by atoms with Gasteiger partial charge in [-0.1, -0.05) is 0 Å². The van der Waals surface area contributed by atoms with Crippen LogP contribution in [0.25, 0.3) is 0 Å². The number of carbonyl (C=O) groups excluding carboxylic acids is 1. The molecule has 1 amide bonds. The summed E-state index contributed by atoms with van der Waals surface area (Å²) in [5.74, 6) is -0.347. The molecule has 2 heterocycles. The Balaban J connectivity index is 2.33. The summed E-state index contributed by atoms with van der Waals surface area (Å²) in [6, 6.07) is 0. The number of β-amino-alcohol motifs (C(OH)–C–C–N with tert-alkyl or cyclic N) is 1. The fourth-order valence-corrected chi connectivity index (χ4v) is 1.96. The lowest BCUT2D eigenvalue weighted by molar-refractivity contribution is -0.0669. The van der Waals surface area contributed by atoms with Gasteiger partial charge < -0.3 is 10.0 Å². The van der Waals surface area contributed by atoms with Crippen LogP contribution in [0.4, 0.5) is 0 Å². The van der Waals surface area contributed by atoms with Gasteiger partial charge in [-0.2, -0.15) is 5.10 Å². The van der Waals surface area contributed by atoms with Gasteiger partial charge in [0.2, 0.25) is 0 Å². The highest BCUT2D eigenvalue weighted by Crippen LogP contribution is 2.22. The average molecular weight is 237 g/mol. The normalized spacial score (nSPS) is 17.8. The van der Waals surface area contributed by atoms with Gasteiger partial charge in [-0.15, -0.1) is 0 Å². The van der Waals surface area contributed by atoms with E-state index in [0.29, 0.717) is 11.3 Å². The highest BCUT2D eigenvalue weighted by Gasteiger charge is 2.40. The predicted molar refractivity (Wildman–Crippen MR) is 60.9 cm³/mol. The quantitative estimate of drug-likeness (QED) is 0.695. The van der Waals surface area contributed by atoms with Crippen molar-refractivity contribution in [3.05, 3.63) is 27.2 Å². The van der Waals surface area contributed by atoms with E-state index < -0.39 is 11.2 Å². The number of hydrogen-bond acceptors (Lipinski definition) is 4. The third-order valence-electron chi connectivity index (χ3n) is 3.03. The van der Waals surface area contributed by atoms with Crippen molar-refractivity contribution in [3.63, 3.8) is 0 Å². The molecule has 0 aliphatic carbocycles. The van der Waals surface area contributed by atoms with Crippen LogP contribution in [0.2, 0.25) is 0 Å². The molecule has 2 N–H and O–H groups in total. The highest BCUT2D eigenvalue weighted by atomic mass is 16.3. The summed E-state index contributed by atoms with van der Waals surface area (Å²) in [7, 11) is 0. The van der Waals surface area contributed by atoms with E-state index in [4.69, 9.17) is 0 Å². The molecule has 1 fully saturated rings. The first kappa shape index (κ1) is 11.8. The van der Waals surface area contributed by atoms with E-state index >= 15 is 0 Å². The molecule has 1 aromatic rings. The van der Waals surface area contributed by atoms with Gasteiger partial charge in [0.05, 0.1) is 24.4 Å². The Bertz CT molecular complexity index is 525. The number of likely N-dealkylation sites (tertiary alicyclic amines) is 1. The van der Waals surface area contributed by atoms with Crippen molar-refractivity contribution in [1.29, 1.82) is 0 Å². The summed E-state index contributed by atoms with van der Waals surface area (Å²) in [5, 5.41) is 15.7. The summed E-state index contributed by atoms with van der Waals surface area (Å²) < 4.78 is 0. The van der Waals surface area contributed by atoms with E-state index in [-0.39, 0.29) is 24.6 Å². The lowest BCUT2D eigenvalue weighted by atomic mass is 9.95. The van der Waals surface area contributed by atoms with Crippen LogP contribution >= 0.6 is 0 Å². The monoisotopic (exact) mass is 237 g/mol. The third kappa shape index (κ3) is 1.95. The number of aromatic nitrogens is 2. The molecule has 0 saturated carbocycles. The van der Waals surface area contributed by atoms with Gasteiger partial charge in [-0.05, 0) is 26.3 Å². The minimum atomic E-state index is -0.835. The topological polar surface area (TPSA) is 86.3 Å². The predicted octanol–water partition coefficient (Wildman–Crippen LogP) is -0.406. The first-order chi connectivity index (χ1) is 7.82. The van der Waals surface area contributed by atoms with Crippen molar-refractivity contribution < 1.29 is 9.90 Å². The molecular formula is C11H15N3O3. The second-order valence-electron chi connectivity index (χ2n) is 4.80. The smallest absolute Gasteiger partial charge is 0.277 e. The lowest BCUT2D eigenvalue weighted by Crippen LogP contribution is -2.62. The van der Waals surface area contributed by atoms with E-state index in [0.717, 1.165) is 0 Å². The van der Waals surface area contributed by atoms with Crippen LogP contribution in [-0.2, 0) is 0 Å². The Kier molecular flexibility index (Phi) is 2.54. The van der Waals surface area contributed by atoms with Crippen LogP contribution in [0, 0.1) is 13.8 Å². The summed E-state index contributed by atoms with van der Waals surface area (Å²) in [4.78, 5) is 25.1. The Morgan fingerprint density at radius 3 is 2.59 bits per heavy atom. The molecule has 0 spiro atoms. The number of nitrogens with one attached hydrogen (secondary N) is 1. The zero-order chi connectivity index (χ0) is 12.8. The van der Waals surface area contributed by atoms with Gasteiger partial charge in [-0.3, -0.25) is 9.59 Å². The fraction of sp³-hybridized carbons (Fsp3) is 0.545. The Labute approximate surface area is 98.3 Å². The molecular weight excluding hydrogens is 222 g/mol. The first-order valence-electron chi connectivity index (χ1n) is 5.39. The van der Waals surface area contributed by atoms with E-state index in [2.05, 4.69) is 10.2 Å². The maximum absolute atomic E-state index is 12.1. The van der Waals surface area contributed by atoms with Gasteiger partial charge in [0, 0.05) is 0 Å². The second kappa shape index (κ2) is 3.66. The van der Waals surface area contributed by atoms with Crippen molar-refractivity contribution in [2.45, 2.75) is 26.4 Å². The summed E-state index contributed by atoms with van der Waals surface area (Å²) in [5.41, 5.74) is 0.0152. The molecule has 1 aromatic heterocycles. The number of hydrogen-bond donors (Lipinski definition) is 2. The number of H-pyrrole nitrogens is 1. The number of aliphatic hydroxyl groups is 1. The summed E-state index contributed by atoms with van der Waals surface area (Å²) >= 11 is 0. The molecule has 0 atom stereocenters. The minimum Gasteiger partial charge on any atom is -0.386 e. The van der Waals surface area contributed by atoms with E-state index in [1.807, 2.05) is 0 Å². The van der Waals surface area contributed by atoms with E-state index in [9.17, 15) is 14.7 Å². The van der Waals surface area contributed by atoms with Crippen molar-refractivity contribution in [2.75, 3.05) is 13.1 Å². The Morgan fingerprint density at radius 1 is 1.47 bits per heavy atom. The maximum Gasteiger partial charge on any atom is 0.277 e. The standard InChI is InChI=1S/C11H15N3O3/c1-6-7(2)12-13-9(15)8(6)10(16)14-4-11(3,17)5-14/h17H,4-5H2,1-3H3,(H,13,15). The van der Waals surface area contributed by atoms with E-state index in [1.165, 1.54) is 4.90 Å². The maximum atomic E-state index is 12.1. The van der Waals surface area contributed by atoms with Crippen molar-refractivity contribution in [1.82, 2.24) is 15.1 Å². The SMILES string of the molecule is Cc1n[nH]c(=O)c(C(=O)N2CC(C)(O)C2)c1C. The molecule has 0 radical (unpaired) electrons. The van der Waals surface area contributed by atoms with Crippen LogP contribution in [-0.4, -0.2) is 44.8 Å². The van der Waals surface area contributed by atoms with Gasteiger partial charge in [0.25, 0.3) is 11.5 Å². The molecule has 0 unspecified atom stereocenters. The lowest BCUT2D eigenvalue weighted by Gasteiger charge is -2.44. The number of nitrogens with zero attached hydrogens (tertiary/aromatic N) is 2. The fourth-order valence-electron chi connectivity index (χ4n) is 1.96. The van der Waals surface area contributed by atoms with Crippen LogP contribution < -0.4 is 5.56 Å². The number of rotatable bonds is 1. The van der Waals surface area contributed by atoms with E-state index in [1.54, 1.807) is 20.8 Å². The minimum absolute atomic E-state index is 0.119. The van der Waals surface area contributed by atoms with Gasteiger partial charge in [0.15, 0.2) is 0 Å². The zero-order valence-electron chi connectivity index (χ0n) is 10.1. The van der Waals surface area contributed by atoms with Gasteiger partial charge in [0.1, 0.15) is 5.56 Å². The number of aryl methyl sites for hydroxylation is 1. The molecule has 92 valence electrons. The Morgan fingerprint density at radius 2 is 2.06 bits per heavy atom. The molecule has 0 aromatic carbocycles. The number of amides is 1. The highest BCUT2D eigenvalue weighted by molar-refractivity contribution is 5.96. The van der Waals surface area contributed by atoms with Crippen molar-refractivity contribution in [3.8, 4) is 0 Å². The van der Waals surface area contributed by atoms with Crippen LogP contribution in [0.15, 0.2) is 4.79 Å². The van der Waals surface area contributed by atoms with Crippen molar-refractivity contribution >= 4 is 5.91 Å².